The van der Waals surface area contributed by atoms with Crippen molar-refractivity contribution in [3.05, 3.63) is 29.8 Å². The highest BCUT2D eigenvalue weighted by molar-refractivity contribution is 7.89. The van der Waals surface area contributed by atoms with Crippen LogP contribution < -0.4 is 4.72 Å². The summed E-state index contributed by atoms with van der Waals surface area (Å²) >= 11 is 0. The van der Waals surface area contributed by atoms with Gasteiger partial charge in [-0.25, -0.2) is 25.9 Å². The lowest BCUT2D eigenvalue weighted by molar-refractivity contribution is 0.412. The van der Waals surface area contributed by atoms with Gasteiger partial charge in [0.25, 0.3) is 0 Å². The molecule has 0 spiro atoms. The second-order valence-corrected chi connectivity index (χ2v) is 9.78. The Kier molecular flexibility index (Phi) is 7.15. The Bertz CT molecular complexity index is 696. The van der Waals surface area contributed by atoms with Crippen molar-refractivity contribution >= 4 is 20.0 Å². The maximum Gasteiger partial charge on any atom is 0.242 e. The molecule has 1 aromatic rings. The molecule has 0 fully saturated rings. The van der Waals surface area contributed by atoms with E-state index in [-0.39, 0.29) is 10.6 Å². The van der Waals surface area contributed by atoms with Crippen molar-refractivity contribution in [3.8, 4) is 0 Å². The zero-order chi connectivity index (χ0) is 17.7. The van der Waals surface area contributed by atoms with Gasteiger partial charge in [-0.1, -0.05) is 12.1 Å². The largest absolute Gasteiger partial charge is 0.308 e. The van der Waals surface area contributed by atoms with Crippen LogP contribution in [0.15, 0.2) is 29.2 Å². The highest BCUT2D eigenvalue weighted by atomic mass is 32.2. The van der Waals surface area contributed by atoms with Gasteiger partial charge in [0.2, 0.25) is 20.0 Å². The summed E-state index contributed by atoms with van der Waals surface area (Å²) in [6.45, 7) is 1.01. The molecule has 0 aliphatic carbocycles. The summed E-state index contributed by atoms with van der Waals surface area (Å²) in [5.41, 5.74) is 0.778. The van der Waals surface area contributed by atoms with E-state index in [1.54, 1.807) is 12.1 Å². The highest BCUT2D eigenvalue weighted by Crippen LogP contribution is 2.14. The van der Waals surface area contributed by atoms with Gasteiger partial charge in [0.05, 0.1) is 10.6 Å². The van der Waals surface area contributed by atoms with Gasteiger partial charge in [-0.2, -0.15) is 0 Å². The van der Waals surface area contributed by atoms with Gasteiger partial charge in [-0.15, -0.1) is 0 Å². The van der Waals surface area contributed by atoms with E-state index in [1.807, 2.05) is 19.0 Å². The Morgan fingerprint density at radius 2 is 1.52 bits per heavy atom. The van der Waals surface area contributed by atoms with Crippen molar-refractivity contribution in [1.82, 2.24) is 13.9 Å². The van der Waals surface area contributed by atoms with Crippen LogP contribution in [0.2, 0.25) is 0 Å². The molecule has 0 saturated carbocycles. The first kappa shape index (κ1) is 20.0. The summed E-state index contributed by atoms with van der Waals surface area (Å²) in [7, 11) is -0.109. The molecule has 7 nitrogen and oxygen atoms in total. The average Bonchev–Trinajstić information content (AvgIpc) is 2.45. The maximum atomic E-state index is 11.9. The molecule has 0 unspecified atom stereocenters. The number of nitrogens with one attached hydrogen (secondary N) is 1. The van der Waals surface area contributed by atoms with Gasteiger partial charge in [0.15, 0.2) is 0 Å². The van der Waals surface area contributed by atoms with Crippen molar-refractivity contribution in [3.63, 3.8) is 0 Å². The van der Waals surface area contributed by atoms with Crippen LogP contribution in [-0.2, 0) is 26.5 Å². The number of sulfonamides is 2. The molecule has 9 heteroatoms. The Morgan fingerprint density at radius 1 is 0.957 bits per heavy atom. The molecular weight excluding hydrogens is 338 g/mol. The minimum atomic E-state index is -3.46. The van der Waals surface area contributed by atoms with Gasteiger partial charge in [0.1, 0.15) is 0 Å². The fourth-order valence-corrected chi connectivity index (χ4v) is 3.74. The third kappa shape index (κ3) is 6.56. The molecule has 1 N–H and O–H groups in total. The molecule has 0 heterocycles. The monoisotopic (exact) mass is 363 g/mol. The van der Waals surface area contributed by atoms with E-state index in [0.717, 1.165) is 9.87 Å². The fourth-order valence-electron chi connectivity index (χ4n) is 1.79. The molecule has 0 aliphatic heterocycles. The summed E-state index contributed by atoms with van der Waals surface area (Å²) in [6, 6.07) is 6.28. The number of rotatable bonds is 9. The van der Waals surface area contributed by atoms with E-state index >= 15 is 0 Å². The van der Waals surface area contributed by atoms with Crippen LogP contribution in [0.3, 0.4) is 0 Å². The number of hydrogen-bond donors (Lipinski definition) is 1. The van der Waals surface area contributed by atoms with Crippen LogP contribution in [0.1, 0.15) is 5.56 Å². The third-order valence-electron chi connectivity index (χ3n) is 3.24. The van der Waals surface area contributed by atoms with Crippen LogP contribution in [0.4, 0.5) is 0 Å². The van der Waals surface area contributed by atoms with Crippen molar-refractivity contribution < 1.29 is 16.8 Å². The van der Waals surface area contributed by atoms with Crippen LogP contribution >= 0.6 is 0 Å². The molecule has 0 radical (unpaired) electrons. The SMILES string of the molecule is CN(C)CCNS(=O)(=O)CCc1ccc(S(=O)(=O)N(C)C)cc1. The standard InChI is InChI=1S/C14H25N3O4S2/c1-16(2)11-10-15-22(18,19)12-9-13-5-7-14(8-6-13)23(20,21)17(3)4/h5-8,15H,9-12H2,1-4H3. The predicted molar refractivity (Wildman–Crippen MR) is 91.4 cm³/mol. The van der Waals surface area contributed by atoms with E-state index in [4.69, 9.17) is 0 Å². The summed E-state index contributed by atoms with van der Waals surface area (Å²) in [5.74, 6) is -0.0276. The third-order valence-corrected chi connectivity index (χ3v) is 6.46. The molecule has 0 amide bonds. The van der Waals surface area contributed by atoms with E-state index in [2.05, 4.69) is 4.72 Å². The van der Waals surface area contributed by atoms with Crippen molar-refractivity contribution in [1.29, 1.82) is 0 Å². The van der Waals surface area contributed by atoms with Crippen LogP contribution in [-0.4, -0.2) is 73.1 Å². The smallest absolute Gasteiger partial charge is 0.242 e. The Hall–Kier alpha value is -1.00. The topological polar surface area (TPSA) is 86.8 Å². The molecule has 0 atom stereocenters. The quantitative estimate of drug-likeness (QED) is 0.665. The second-order valence-electron chi connectivity index (χ2n) is 5.70. The second kappa shape index (κ2) is 8.20. The average molecular weight is 364 g/mol. The van der Waals surface area contributed by atoms with E-state index in [9.17, 15) is 16.8 Å². The lowest BCUT2D eigenvalue weighted by atomic mass is 10.2. The first-order valence-corrected chi connectivity index (χ1v) is 10.3. The molecule has 0 saturated heterocycles. The van der Waals surface area contributed by atoms with Crippen LogP contribution in [0.25, 0.3) is 0 Å². The molecule has 1 rings (SSSR count). The first-order valence-electron chi connectivity index (χ1n) is 7.18. The molecular formula is C14H25N3O4S2. The Morgan fingerprint density at radius 3 is 2.00 bits per heavy atom. The Labute approximate surface area is 139 Å². The number of aryl methyl sites for hydroxylation is 1. The van der Waals surface area contributed by atoms with Crippen molar-refractivity contribution in [2.45, 2.75) is 11.3 Å². The molecule has 0 aromatic heterocycles. The number of hydrogen-bond acceptors (Lipinski definition) is 5. The highest BCUT2D eigenvalue weighted by Gasteiger charge is 2.17. The van der Waals surface area contributed by atoms with Crippen LogP contribution in [0, 0.1) is 0 Å². The fraction of sp³-hybridized carbons (Fsp3) is 0.571. The molecule has 132 valence electrons. The minimum Gasteiger partial charge on any atom is -0.308 e. The molecule has 0 bridgehead atoms. The predicted octanol–water partition coefficient (Wildman–Crippen LogP) is -0.0396. The zero-order valence-electron chi connectivity index (χ0n) is 14.0. The number of likely N-dealkylation sites (N-methyl/N-ethyl adjacent to an activating group) is 1. The van der Waals surface area contributed by atoms with Crippen molar-refractivity contribution in [2.24, 2.45) is 0 Å². The van der Waals surface area contributed by atoms with Crippen LogP contribution in [0.5, 0.6) is 0 Å². The molecule has 1 aromatic carbocycles. The van der Waals surface area contributed by atoms with Gasteiger partial charge >= 0.3 is 0 Å². The van der Waals surface area contributed by atoms with Crippen molar-refractivity contribution in [2.75, 3.05) is 47.0 Å². The lowest BCUT2D eigenvalue weighted by Gasteiger charge is -2.12. The normalized spacial score (nSPS) is 13.0. The minimum absolute atomic E-state index is 0.0276. The van der Waals surface area contributed by atoms with Gasteiger partial charge in [-0.05, 0) is 38.2 Å². The van der Waals surface area contributed by atoms with E-state index in [0.29, 0.717) is 19.5 Å². The lowest BCUT2D eigenvalue weighted by Crippen LogP contribution is -2.33. The number of nitrogens with zero attached hydrogens (tertiary/aromatic N) is 2. The summed E-state index contributed by atoms with van der Waals surface area (Å²) < 4.78 is 51.3. The van der Waals surface area contributed by atoms with Gasteiger partial charge in [0, 0.05) is 27.2 Å². The number of benzene rings is 1. The molecule has 23 heavy (non-hydrogen) atoms. The molecule has 0 aliphatic rings. The van der Waals surface area contributed by atoms with E-state index in [1.165, 1.54) is 26.2 Å². The summed E-state index contributed by atoms with van der Waals surface area (Å²) in [5, 5.41) is 0. The summed E-state index contributed by atoms with van der Waals surface area (Å²) in [4.78, 5) is 2.09. The zero-order valence-corrected chi connectivity index (χ0v) is 15.6. The first-order chi connectivity index (χ1) is 10.5. The maximum absolute atomic E-state index is 11.9. The van der Waals surface area contributed by atoms with Gasteiger partial charge < -0.3 is 4.90 Å². The van der Waals surface area contributed by atoms with E-state index < -0.39 is 20.0 Å². The van der Waals surface area contributed by atoms with Gasteiger partial charge in [-0.3, -0.25) is 0 Å². The Balaban J connectivity index is 2.63. The summed E-state index contributed by atoms with van der Waals surface area (Å²) in [6.07, 6.45) is 0.333.